The molecule has 0 fully saturated rings. The highest BCUT2D eigenvalue weighted by Crippen LogP contribution is 2.09. The van der Waals surface area contributed by atoms with Crippen molar-refractivity contribution in [2.24, 2.45) is 0 Å². The minimum Gasteiger partial charge on any atom is -0.385 e. The Morgan fingerprint density at radius 3 is 2.73 bits per heavy atom. The number of hydrogen-bond acceptors (Lipinski definition) is 3. The first kappa shape index (κ1) is 16.0. The highest BCUT2D eigenvalue weighted by atomic mass is 16.1. The maximum atomic E-state index is 12.1. The van der Waals surface area contributed by atoms with Crippen LogP contribution < -0.4 is 10.6 Å². The van der Waals surface area contributed by atoms with Gasteiger partial charge in [-0.1, -0.05) is 37.3 Å². The van der Waals surface area contributed by atoms with Crippen LogP contribution in [0.25, 0.3) is 0 Å². The van der Waals surface area contributed by atoms with Gasteiger partial charge in [0.05, 0.1) is 0 Å². The van der Waals surface area contributed by atoms with E-state index in [4.69, 9.17) is 0 Å². The zero-order chi connectivity index (χ0) is 15.8. The zero-order valence-electron chi connectivity index (χ0n) is 13.2. The summed E-state index contributed by atoms with van der Waals surface area (Å²) in [4.78, 5) is 16.2. The summed E-state index contributed by atoms with van der Waals surface area (Å²) in [5.41, 5.74) is 2.66. The molecule has 0 aliphatic rings. The van der Waals surface area contributed by atoms with Gasteiger partial charge >= 0.3 is 0 Å². The van der Waals surface area contributed by atoms with Gasteiger partial charge in [0.1, 0.15) is 5.69 Å². The molecule has 0 radical (unpaired) electrons. The molecule has 22 heavy (non-hydrogen) atoms. The van der Waals surface area contributed by atoms with E-state index in [0.29, 0.717) is 5.69 Å². The smallest absolute Gasteiger partial charge is 0.270 e. The molecule has 1 heterocycles. The molecule has 0 saturated carbocycles. The number of benzene rings is 1. The van der Waals surface area contributed by atoms with Gasteiger partial charge in [-0.25, -0.2) is 0 Å². The van der Waals surface area contributed by atoms with Crippen LogP contribution in [0.1, 0.15) is 36.3 Å². The lowest BCUT2D eigenvalue weighted by Crippen LogP contribution is -2.32. The van der Waals surface area contributed by atoms with Gasteiger partial charge in [-0.15, -0.1) is 0 Å². The summed E-state index contributed by atoms with van der Waals surface area (Å²) < 4.78 is 0. The Hall–Kier alpha value is -2.36. The lowest BCUT2D eigenvalue weighted by Gasteiger charge is -2.12. The van der Waals surface area contributed by atoms with Crippen LogP contribution in [0, 0.1) is 0 Å². The summed E-state index contributed by atoms with van der Waals surface area (Å²) in [6.07, 6.45) is 3.51. The van der Waals surface area contributed by atoms with Gasteiger partial charge in [-0.2, -0.15) is 0 Å². The quantitative estimate of drug-likeness (QED) is 0.824. The summed E-state index contributed by atoms with van der Waals surface area (Å²) in [6, 6.07) is 14.1. The van der Waals surface area contributed by atoms with Gasteiger partial charge in [-0.3, -0.25) is 9.78 Å². The van der Waals surface area contributed by atoms with Crippen LogP contribution in [0.4, 0.5) is 5.69 Å². The van der Waals surface area contributed by atoms with Crippen molar-refractivity contribution < 1.29 is 4.79 Å². The third-order valence-electron chi connectivity index (χ3n) is 3.57. The standard InChI is InChI=1S/C18H23N3O/c1-3-14(2)21-18(22)17-13-16(10-12-20-17)19-11-9-15-7-5-4-6-8-15/h4-8,10,12-14H,3,9,11H2,1-2H3,(H,19,20)(H,21,22). The monoisotopic (exact) mass is 297 g/mol. The van der Waals surface area contributed by atoms with Gasteiger partial charge in [0, 0.05) is 24.5 Å². The van der Waals surface area contributed by atoms with E-state index in [1.807, 2.05) is 38.1 Å². The third kappa shape index (κ3) is 4.88. The maximum absolute atomic E-state index is 12.1. The molecule has 0 saturated heterocycles. The Labute approximate surface area is 132 Å². The highest BCUT2D eigenvalue weighted by Gasteiger charge is 2.10. The van der Waals surface area contributed by atoms with Crippen LogP contribution in [0.15, 0.2) is 48.7 Å². The number of amides is 1. The number of hydrogen-bond donors (Lipinski definition) is 2. The molecule has 0 aliphatic heterocycles. The van der Waals surface area contributed by atoms with Crippen molar-refractivity contribution in [1.29, 1.82) is 0 Å². The first-order valence-corrected chi connectivity index (χ1v) is 7.73. The average molecular weight is 297 g/mol. The van der Waals surface area contributed by atoms with Crippen LogP contribution >= 0.6 is 0 Å². The first-order valence-electron chi connectivity index (χ1n) is 7.73. The van der Waals surface area contributed by atoms with Gasteiger partial charge in [0.2, 0.25) is 0 Å². The van der Waals surface area contributed by atoms with Gasteiger partial charge in [0.25, 0.3) is 5.91 Å². The first-order chi connectivity index (χ1) is 10.7. The summed E-state index contributed by atoms with van der Waals surface area (Å²) in [5, 5.41) is 6.26. The van der Waals surface area contributed by atoms with E-state index in [1.54, 1.807) is 12.3 Å². The summed E-state index contributed by atoms with van der Waals surface area (Å²) in [7, 11) is 0. The minimum atomic E-state index is -0.124. The van der Waals surface area contributed by atoms with Crippen molar-refractivity contribution in [3.63, 3.8) is 0 Å². The van der Waals surface area contributed by atoms with E-state index in [-0.39, 0.29) is 11.9 Å². The molecule has 2 aromatic rings. The molecule has 4 nitrogen and oxygen atoms in total. The Morgan fingerprint density at radius 2 is 2.00 bits per heavy atom. The third-order valence-corrected chi connectivity index (χ3v) is 3.57. The topological polar surface area (TPSA) is 54.0 Å². The second kappa shape index (κ2) is 8.17. The number of carbonyl (C=O) groups is 1. The van der Waals surface area contributed by atoms with Crippen molar-refractivity contribution in [2.45, 2.75) is 32.7 Å². The maximum Gasteiger partial charge on any atom is 0.270 e. The summed E-state index contributed by atoms with van der Waals surface area (Å²) >= 11 is 0. The largest absolute Gasteiger partial charge is 0.385 e. The fourth-order valence-corrected chi connectivity index (χ4v) is 2.06. The van der Waals surface area contributed by atoms with Crippen LogP contribution in [-0.2, 0) is 6.42 Å². The number of nitrogens with one attached hydrogen (secondary N) is 2. The van der Waals surface area contributed by atoms with Crippen molar-refractivity contribution in [2.75, 3.05) is 11.9 Å². The van der Waals surface area contributed by atoms with Gasteiger partial charge in [-0.05, 0) is 37.5 Å². The molecule has 2 rings (SSSR count). The number of anilines is 1. The average Bonchev–Trinajstić information content (AvgIpc) is 2.56. The van der Waals surface area contributed by atoms with Crippen molar-refractivity contribution >= 4 is 11.6 Å². The molecule has 1 unspecified atom stereocenters. The molecule has 1 atom stereocenters. The molecule has 1 amide bonds. The molecule has 0 bridgehead atoms. The Kier molecular flexibility index (Phi) is 5.95. The van der Waals surface area contributed by atoms with Crippen molar-refractivity contribution in [3.05, 3.63) is 59.9 Å². The van der Waals surface area contributed by atoms with E-state index < -0.39 is 0 Å². The fraction of sp³-hybridized carbons (Fsp3) is 0.333. The molecule has 0 aliphatic carbocycles. The number of carbonyl (C=O) groups excluding carboxylic acids is 1. The van der Waals surface area contributed by atoms with E-state index >= 15 is 0 Å². The molecule has 1 aromatic heterocycles. The van der Waals surface area contributed by atoms with Crippen LogP contribution in [0.2, 0.25) is 0 Å². The molecule has 4 heteroatoms. The van der Waals surface area contributed by atoms with E-state index in [0.717, 1.165) is 25.1 Å². The molecule has 116 valence electrons. The normalized spacial score (nSPS) is 11.7. The second-order valence-electron chi connectivity index (χ2n) is 5.37. The predicted octanol–water partition coefficient (Wildman–Crippen LogP) is 3.26. The number of pyridine rings is 1. The van der Waals surface area contributed by atoms with Gasteiger partial charge in [0.15, 0.2) is 0 Å². The molecule has 2 N–H and O–H groups in total. The summed E-state index contributed by atoms with van der Waals surface area (Å²) in [5.74, 6) is -0.124. The number of aromatic nitrogens is 1. The van der Waals surface area contributed by atoms with Crippen molar-refractivity contribution in [1.82, 2.24) is 10.3 Å². The molecular formula is C18H23N3O. The van der Waals surface area contributed by atoms with E-state index in [2.05, 4.69) is 27.8 Å². The van der Waals surface area contributed by atoms with Crippen LogP contribution in [0.3, 0.4) is 0 Å². The zero-order valence-corrected chi connectivity index (χ0v) is 13.2. The summed E-state index contributed by atoms with van der Waals surface area (Å²) in [6.45, 7) is 4.85. The minimum absolute atomic E-state index is 0.124. The van der Waals surface area contributed by atoms with E-state index in [9.17, 15) is 4.79 Å². The lowest BCUT2D eigenvalue weighted by molar-refractivity contribution is 0.0934. The fourth-order valence-electron chi connectivity index (χ4n) is 2.06. The van der Waals surface area contributed by atoms with E-state index in [1.165, 1.54) is 5.56 Å². The SMILES string of the molecule is CCC(C)NC(=O)c1cc(NCCc2ccccc2)ccn1. The lowest BCUT2D eigenvalue weighted by atomic mass is 10.1. The predicted molar refractivity (Wildman–Crippen MR) is 90.1 cm³/mol. The Bertz CT molecular complexity index is 598. The molecule has 0 spiro atoms. The molecular weight excluding hydrogens is 274 g/mol. The molecule has 1 aromatic carbocycles. The van der Waals surface area contributed by atoms with Crippen LogP contribution in [0.5, 0.6) is 0 Å². The van der Waals surface area contributed by atoms with Crippen LogP contribution in [-0.4, -0.2) is 23.5 Å². The van der Waals surface area contributed by atoms with Gasteiger partial charge < -0.3 is 10.6 Å². The Balaban J connectivity index is 1.89. The highest BCUT2D eigenvalue weighted by molar-refractivity contribution is 5.93. The number of rotatable bonds is 7. The Morgan fingerprint density at radius 1 is 1.23 bits per heavy atom. The second-order valence-corrected chi connectivity index (χ2v) is 5.37. The van der Waals surface area contributed by atoms with Crippen molar-refractivity contribution in [3.8, 4) is 0 Å². The number of nitrogens with zero attached hydrogens (tertiary/aromatic N) is 1.